The zero-order valence-corrected chi connectivity index (χ0v) is 19.9. The van der Waals surface area contributed by atoms with E-state index in [0.29, 0.717) is 36.5 Å². The number of hydrogen-bond donors (Lipinski definition) is 3. The monoisotopic (exact) mass is 483 g/mol. The second-order valence-electron chi connectivity index (χ2n) is 8.48. The van der Waals surface area contributed by atoms with Crippen molar-refractivity contribution in [1.29, 1.82) is 0 Å². The largest absolute Gasteiger partial charge is 0.487 e. The van der Waals surface area contributed by atoms with Crippen molar-refractivity contribution >= 4 is 22.7 Å². The summed E-state index contributed by atoms with van der Waals surface area (Å²) in [7, 11) is 0. The Kier molecular flexibility index (Phi) is 8.62. The molecule has 1 heterocycles. The lowest BCUT2D eigenvalue weighted by Gasteiger charge is -2.11. The van der Waals surface area contributed by atoms with Crippen molar-refractivity contribution in [2.45, 2.75) is 32.3 Å². The van der Waals surface area contributed by atoms with Gasteiger partial charge in [-0.3, -0.25) is 14.8 Å². The summed E-state index contributed by atoms with van der Waals surface area (Å²) in [4.78, 5) is 28.2. The van der Waals surface area contributed by atoms with E-state index >= 15 is 0 Å². The van der Waals surface area contributed by atoms with E-state index < -0.39 is 5.91 Å². The third-order valence-electron chi connectivity index (χ3n) is 5.86. The van der Waals surface area contributed by atoms with Crippen LogP contribution in [0.1, 0.15) is 41.7 Å². The van der Waals surface area contributed by atoms with Crippen LogP contribution >= 0.6 is 0 Å². The molecule has 3 aromatic carbocycles. The van der Waals surface area contributed by atoms with Crippen molar-refractivity contribution < 1.29 is 19.5 Å². The molecule has 1 aromatic heterocycles. The standard InChI is InChI=1S/C29H29N3O4/c33-27(32-35)12-5-2-6-19-30-29(34)25-18-17-24-10-7-11-26(28(24)31-25)36-20-21-13-15-23(16-14-21)22-8-3-1-4-9-22/h1,3-4,7-11,13-18,35H,2,5-6,12,19-20H2,(H,30,34)(H,32,33). The minimum absolute atomic E-state index is 0.253. The Labute approximate surface area is 210 Å². The lowest BCUT2D eigenvalue weighted by atomic mass is 10.0. The van der Waals surface area contributed by atoms with E-state index in [1.165, 1.54) is 5.56 Å². The van der Waals surface area contributed by atoms with Crippen molar-refractivity contribution in [3.63, 3.8) is 0 Å². The van der Waals surface area contributed by atoms with Crippen LogP contribution in [-0.4, -0.2) is 28.6 Å². The van der Waals surface area contributed by atoms with Gasteiger partial charge in [0.1, 0.15) is 23.6 Å². The van der Waals surface area contributed by atoms with Gasteiger partial charge in [0, 0.05) is 18.4 Å². The first-order chi connectivity index (χ1) is 17.6. The second kappa shape index (κ2) is 12.5. The lowest BCUT2D eigenvalue weighted by molar-refractivity contribution is -0.129. The number of hydrogen-bond acceptors (Lipinski definition) is 5. The highest BCUT2D eigenvalue weighted by atomic mass is 16.5. The number of aromatic nitrogens is 1. The van der Waals surface area contributed by atoms with Crippen molar-refractivity contribution in [2.75, 3.05) is 6.54 Å². The molecule has 3 N–H and O–H groups in total. The summed E-state index contributed by atoms with van der Waals surface area (Å²) in [6.45, 7) is 0.872. The summed E-state index contributed by atoms with van der Waals surface area (Å²) in [5, 5.41) is 12.3. The molecule has 184 valence electrons. The maximum absolute atomic E-state index is 12.6. The number of pyridine rings is 1. The molecule has 0 aliphatic rings. The van der Waals surface area contributed by atoms with E-state index in [-0.39, 0.29) is 12.3 Å². The predicted octanol–water partition coefficient (Wildman–Crippen LogP) is 5.28. The highest BCUT2D eigenvalue weighted by Gasteiger charge is 2.11. The topological polar surface area (TPSA) is 101 Å². The molecule has 0 saturated heterocycles. The van der Waals surface area contributed by atoms with Gasteiger partial charge in [0.05, 0.1) is 0 Å². The van der Waals surface area contributed by atoms with Crippen molar-refractivity contribution in [3.8, 4) is 16.9 Å². The summed E-state index contributed by atoms with van der Waals surface area (Å²) in [5.74, 6) is -0.0330. The number of nitrogens with one attached hydrogen (secondary N) is 2. The van der Waals surface area contributed by atoms with E-state index in [4.69, 9.17) is 9.94 Å². The highest BCUT2D eigenvalue weighted by molar-refractivity contribution is 5.96. The van der Waals surface area contributed by atoms with Gasteiger partial charge in [-0.2, -0.15) is 0 Å². The zero-order valence-electron chi connectivity index (χ0n) is 19.9. The van der Waals surface area contributed by atoms with Crippen LogP contribution in [0.25, 0.3) is 22.0 Å². The maximum atomic E-state index is 12.6. The van der Waals surface area contributed by atoms with Gasteiger partial charge in [0.25, 0.3) is 5.91 Å². The number of hydroxylamine groups is 1. The normalized spacial score (nSPS) is 10.7. The van der Waals surface area contributed by atoms with Gasteiger partial charge in [0.15, 0.2) is 0 Å². The quantitative estimate of drug-likeness (QED) is 0.153. The molecule has 0 spiro atoms. The first kappa shape index (κ1) is 24.9. The van der Waals surface area contributed by atoms with Crippen LogP contribution < -0.4 is 15.5 Å². The number of carbonyl (C=O) groups is 2. The molecule has 0 fully saturated rings. The highest BCUT2D eigenvalue weighted by Crippen LogP contribution is 2.26. The average Bonchev–Trinajstić information content (AvgIpc) is 2.93. The van der Waals surface area contributed by atoms with E-state index in [9.17, 15) is 9.59 Å². The summed E-state index contributed by atoms with van der Waals surface area (Å²) < 4.78 is 6.09. The SMILES string of the molecule is O=C(CCCCCNC(=O)c1ccc2cccc(OCc3ccc(-c4ccccc4)cc3)c2n1)NO. The smallest absolute Gasteiger partial charge is 0.269 e. The molecule has 36 heavy (non-hydrogen) atoms. The zero-order chi connectivity index (χ0) is 25.2. The second-order valence-corrected chi connectivity index (χ2v) is 8.48. The number of benzene rings is 3. The summed E-state index contributed by atoms with van der Waals surface area (Å²) >= 11 is 0. The van der Waals surface area contributed by atoms with Crippen LogP contribution in [0.15, 0.2) is 84.9 Å². The molecule has 0 aliphatic heterocycles. The minimum Gasteiger partial charge on any atom is -0.487 e. The number of ether oxygens (including phenoxy) is 1. The van der Waals surface area contributed by atoms with Crippen molar-refractivity contribution in [2.24, 2.45) is 0 Å². The van der Waals surface area contributed by atoms with Crippen LogP contribution in [0.3, 0.4) is 0 Å². The molecule has 0 unspecified atom stereocenters. The molecule has 0 radical (unpaired) electrons. The minimum atomic E-state index is -0.401. The van der Waals surface area contributed by atoms with Crippen molar-refractivity contribution in [3.05, 3.63) is 96.2 Å². The summed E-state index contributed by atoms with van der Waals surface area (Å²) in [6, 6.07) is 27.8. The Balaban J connectivity index is 1.35. The van der Waals surface area contributed by atoms with Crippen molar-refractivity contribution in [1.82, 2.24) is 15.8 Å². The molecule has 7 nitrogen and oxygen atoms in total. The van der Waals surface area contributed by atoms with Crippen LogP contribution in [0, 0.1) is 0 Å². The van der Waals surface area contributed by atoms with Gasteiger partial charge in [0.2, 0.25) is 5.91 Å². The Bertz CT molecular complexity index is 1310. The van der Waals surface area contributed by atoms with Crippen LogP contribution in [0.2, 0.25) is 0 Å². The third-order valence-corrected chi connectivity index (χ3v) is 5.86. The fourth-order valence-electron chi connectivity index (χ4n) is 3.88. The summed E-state index contributed by atoms with van der Waals surface area (Å²) in [6.07, 6.45) is 2.40. The number of carbonyl (C=O) groups excluding carboxylic acids is 2. The Morgan fingerprint density at radius 2 is 1.58 bits per heavy atom. The number of nitrogens with zero attached hydrogens (tertiary/aromatic N) is 1. The number of rotatable bonds is 11. The van der Waals surface area contributed by atoms with Crippen LogP contribution in [-0.2, 0) is 11.4 Å². The number of amides is 2. The Morgan fingerprint density at radius 3 is 2.36 bits per heavy atom. The number of para-hydroxylation sites is 1. The van der Waals surface area contributed by atoms with Crippen LogP contribution in [0.5, 0.6) is 5.75 Å². The van der Waals surface area contributed by atoms with E-state index in [1.807, 2.05) is 42.5 Å². The van der Waals surface area contributed by atoms with Crippen LogP contribution in [0.4, 0.5) is 0 Å². The summed E-state index contributed by atoms with van der Waals surface area (Å²) in [5.41, 5.74) is 5.94. The maximum Gasteiger partial charge on any atom is 0.269 e. The molecular weight excluding hydrogens is 454 g/mol. The van der Waals surface area contributed by atoms with E-state index in [0.717, 1.165) is 29.4 Å². The van der Waals surface area contributed by atoms with Gasteiger partial charge < -0.3 is 10.1 Å². The molecule has 0 bridgehead atoms. The molecule has 0 saturated carbocycles. The molecule has 0 atom stereocenters. The number of unbranched alkanes of at least 4 members (excludes halogenated alkanes) is 2. The molecular formula is C29H29N3O4. The lowest BCUT2D eigenvalue weighted by Crippen LogP contribution is -2.25. The number of fused-ring (bicyclic) bond motifs is 1. The predicted molar refractivity (Wildman–Crippen MR) is 139 cm³/mol. The van der Waals surface area contributed by atoms with Gasteiger partial charge >= 0.3 is 0 Å². The molecule has 4 aromatic rings. The molecule has 4 rings (SSSR count). The molecule has 7 heteroatoms. The van der Waals surface area contributed by atoms with Gasteiger partial charge in [-0.05, 0) is 41.7 Å². The van der Waals surface area contributed by atoms with Gasteiger partial charge in [-0.25, -0.2) is 10.5 Å². The Hall–Kier alpha value is -4.23. The average molecular weight is 484 g/mol. The van der Waals surface area contributed by atoms with Gasteiger partial charge in [-0.15, -0.1) is 0 Å². The fraction of sp³-hybridized carbons (Fsp3) is 0.207. The Morgan fingerprint density at radius 1 is 0.806 bits per heavy atom. The van der Waals surface area contributed by atoms with E-state index in [2.05, 4.69) is 46.7 Å². The fourth-order valence-corrected chi connectivity index (χ4v) is 3.88. The molecule has 2 amide bonds. The first-order valence-corrected chi connectivity index (χ1v) is 12.0. The molecule has 0 aliphatic carbocycles. The first-order valence-electron chi connectivity index (χ1n) is 12.0. The van der Waals surface area contributed by atoms with Gasteiger partial charge in [-0.1, -0.05) is 79.2 Å². The third kappa shape index (κ3) is 6.67. The van der Waals surface area contributed by atoms with E-state index in [1.54, 1.807) is 11.5 Å².